The highest BCUT2D eigenvalue weighted by Crippen LogP contribution is 1.99. The van der Waals surface area contributed by atoms with Crippen LogP contribution in [0.5, 0.6) is 0 Å². The molecule has 0 aromatic heterocycles. The summed E-state index contributed by atoms with van der Waals surface area (Å²) < 4.78 is 0. The highest BCUT2D eigenvalue weighted by Gasteiger charge is 2.08. The molecule has 5 nitrogen and oxygen atoms in total. The minimum absolute atomic E-state index is 0.130. The van der Waals surface area contributed by atoms with Crippen molar-refractivity contribution in [3.05, 3.63) is 11.6 Å². The number of carbonyl (C=O) groups is 2. The van der Waals surface area contributed by atoms with Crippen LogP contribution in [0.15, 0.2) is 11.6 Å². The normalized spacial score (nSPS) is 11.4. The van der Waals surface area contributed by atoms with Gasteiger partial charge in [-0.3, -0.25) is 4.79 Å². The summed E-state index contributed by atoms with van der Waals surface area (Å²) in [6, 6.07) is 0. The predicted molar refractivity (Wildman–Crippen MR) is 71.4 cm³/mol. The lowest BCUT2D eigenvalue weighted by molar-refractivity contribution is -0.133. The first kappa shape index (κ1) is 16.6. The van der Waals surface area contributed by atoms with E-state index in [-0.39, 0.29) is 5.91 Å². The van der Waals surface area contributed by atoms with Gasteiger partial charge >= 0.3 is 5.97 Å². The van der Waals surface area contributed by atoms with Gasteiger partial charge < -0.3 is 15.3 Å². The zero-order valence-corrected chi connectivity index (χ0v) is 11.5. The molecular formula is C13H24N2O3. The molecule has 0 saturated heterocycles. The molecule has 5 heteroatoms. The summed E-state index contributed by atoms with van der Waals surface area (Å²) in [5.41, 5.74) is 0.401. The van der Waals surface area contributed by atoms with E-state index < -0.39 is 5.97 Å². The molecule has 0 rings (SSSR count). The molecule has 0 atom stereocenters. The Kier molecular flexibility index (Phi) is 8.92. The molecule has 0 aliphatic rings. The van der Waals surface area contributed by atoms with E-state index in [1.54, 1.807) is 11.0 Å². The fourth-order valence-electron chi connectivity index (χ4n) is 1.61. The van der Waals surface area contributed by atoms with E-state index in [0.29, 0.717) is 31.5 Å². The van der Waals surface area contributed by atoms with Crippen LogP contribution in [0.25, 0.3) is 0 Å². The summed E-state index contributed by atoms with van der Waals surface area (Å²) in [6.07, 6.45) is 2.61. The molecule has 1 amide bonds. The van der Waals surface area contributed by atoms with Gasteiger partial charge in [0.1, 0.15) is 0 Å². The minimum Gasteiger partial charge on any atom is -0.478 e. The molecule has 0 aromatic rings. The molecule has 2 N–H and O–H groups in total. The number of carboxylic acids is 1. The van der Waals surface area contributed by atoms with Gasteiger partial charge in [-0.1, -0.05) is 13.0 Å². The molecule has 18 heavy (non-hydrogen) atoms. The van der Waals surface area contributed by atoms with Crippen LogP contribution < -0.4 is 5.32 Å². The number of rotatable bonds is 9. The topological polar surface area (TPSA) is 69.6 Å². The first-order valence-corrected chi connectivity index (χ1v) is 6.47. The zero-order chi connectivity index (χ0) is 14.0. The Morgan fingerprint density at radius 3 is 2.28 bits per heavy atom. The lowest BCUT2D eigenvalue weighted by Crippen LogP contribution is -2.32. The van der Waals surface area contributed by atoms with Crippen molar-refractivity contribution in [2.24, 2.45) is 0 Å². The number of hydrogen-bond acceptors (Lipinski definition) is 3. The van der Waals surface area contributed by atoms with Crippen molar-refractivity contribution < 1.29 is 14.7 Å². The van der Waals surface area contributed by atoms with Crippen molar-refractivity contribution in [2.75, 3.05) is 26.2 Å². The fourth-order valence-corrected chi connectivity index (χ4v) is 1.61. The van der Waals surface area contributed by atoms with E-state index >= 15 is 0 Å². The Morgan fingerprint density at radius 1 is 1.22 bits per heavy atom. The molecule has 0 saturated carbocycles. The summed E-state index contributed by atoms with van der Waals surface area (Å²) in [5, 5.41) is 11.8. The third-order valence-corrected chi connectivity index (χ3v) is 2.78. The van der Waals surface area contributed by atoms with E-state index in [1.165, 1.54) is 0 Å². The molecule has 104 valence electrons. The van der Waals surface area contributed by atoms with Gasteiger partial charge in [-0.25, -0.2) is 4.79 Å². The quantitative estimate of drug-likeness (QED) is 0.481. The number of carbonyl (C=O) groups excluding carboxylic acids is 1. The first-order valence-electron chi connectivity index (χ1n) is 6.47. The minimum atomic E-state index is -0.876. The lowest BCUT2D eigenvalue weighted by atomic mass is 10.2. The van der Waals surface area contributed by atoms with Crippen molar-refractivity contribution in [1.82, 2.24) is 10.2 Å². The Balaban J connectivity index is 3.87. The molecule has 0 heterocycles. The third kappa shape index (κ3) is 6.39. The Morgan fingerprint density at radius 2 is 1.83 bits per heavy atom. The predicted octanol–water partition coefficient (Wildman–Crippen LogP) is 1.26. The van der Waals surface area contributed by atoms with Gasteiger partial charge in [0.25, 0.3) is 0 Å². The summed E-state index contributed by atoms with van der Waals surface area (Å²) in [6.45, 7) is 8.24. The number of hydrogen-bond donors (Lipinski definition) is 2. The smallest absolute Gasteiger partial charge is 0.331 e. The second-order valence-corrected chi connectivity index (χ2v) is 3.91. The van der Waals surface area contributed by atoms with Crippen molar-refractivity contribution in [3.8, 4) is 0 Å². The number of nitrogens with zero attached hydrogens (tertiary/aromatic N) is 1. The third-order valence-electron chi connectivity index (χ3n) is 2.78. The van der Waals surface area contributed by atoms with E-state index in [4.69, 9.17) is 5.11 Å². The van der Waals surface area contributed by atoms with Gasteiger partial charge in [0, 0.05) is 38.2 Å². The van der Waals surface area contributed by atoms with Crippen molar-refractivity contribution in [1.29, 1.82) is 0 Å². The van der Waals surface area contributed by atoms with E-state index in [0.717, 1.165) is 13.1 Å². The van der Waals surface area contributed by atoms with Crippen LogP contribution in [-0.2, 0) is 9.59 Å². The molecule has 0 aliphatic carbocycles. The van der Waals surface area contributed by atoms with Gasteiger partial charge in [0.05, 0.1) is 0 Å². The first-order chi connectivity index (χ1) is 8.56. The van der Waals surface area contributed by atoms with Crippen LogP contribution in [0.3, 0.4) is 0 Å². The van der Waals surface area contributed by atoms with Crippen LogP contribution in [0.1, 0.15) is 33.6 Å². The summed E-state index contributed by atoms with van der Waals surface area (Å²) >= 11 is 0. The van der Waals surface area contributed by atoms with Crippen LogP contribution in [0.2, 0.25) is 0 Å². The van der Waals surface area contributed by atoms with Crippen LogP contribution >= 0.6 is 0 Å². The van der Waals surface area contributed by atoms with Crippen molar-refractivity contribution >= 4 is 11.9 Å². The maximum atomic E-state index is 11.6. The van der Waals surface area contributed by atoms with Crippen molar-refractivity contribution in [3.63, 3.8) is 0 Å². The molecular weight excluding hydrogens is 232 g/mol. The van der Waals surface area contributed by atoms with E-state index in [9.17, 15) is 9.59 Å². The number of carboxylic acid groups (broad SMARTS) is 1. The van der Waals surface area contributed by atoms with Crippen LogP contribution in [-0.4, -0.2) is 48.1 Å². The fraction of sp³-hybridized carbons (Fsp3) is 0.692. The number of aliphatic carboxylic acids is 1. The number of nitrogens with one attached hydrogen (secondary N) is 1. The van der Waals surface area contributed by atoms with E-state index in [2.05, 4.69) is 5.32 Å². The van der Waals surface area contributed by atoms with Crippen LogP contribution in [0.4, 0.5) is 0 Å². The van der Waals surface area contributed by atoms with E-state index in [1.807, 2.05) is 20.8 Å². The van der Waals surface area contributed by atoms with Gasteiger partial charge in [-0.2, -0.15) is 0 Å². The highest BCUT2D eigenvalue weighted by atomic mass is 16.4. The van der Waals surface area contributed by atoms with Gasteiger partial charge in [-0.05, 0) is 20.3 Å². The molecule has 0 unspecified atom stereocenters. The lowest BCUT2D eigenvalue weighted by Gasteiger charge is -2.18. The number of amides is 1. The largest absolute Gasteiger partial charge is 0.478 e. The monoisotopic (exact) mass is 256 g/mol. The average Bonchev–Trinajstić information content (AvgIpc) is 2.34. The average molecular weight is 256 g/mol. The Hall–Kier alpha value is -1.36. The molecule has 0 spiro atoms. The molecule has 0 radical (unpaired) electrons. The Labute approximate surface area is 109 Å². The summed E-state index contributed by atoms with van der Waals surface area (Å²) in [7, 11) is 0. The van der Waals surface area contributed by atoms with Gasteiger partial charge in [0.15, 0.2) is 0 Å². The molecule has 0 fully saturated rings. The van der Waals surface area contributed by atoms with Crippen molar-refractivity contribution in [2.45, 2.75) is 33.6 Å². The second-order valence-electron chi connectivity index (χ2n) is 3.91. The van der Waals surface area contributed by atoms with Gasteiger partial charge in [-0.15, -0.1) is 0 Å². The summed E-state index contributed by atoms with van der Waals surface area (Å²) in [5.74, 6) is -0.746. The molecule has 0 aliphatic heterocycles. The van der Waals surface area contributed by atoms with Crippen LogP contribution in [0, 0.1) is 0 Å². The van der Waals surface area contributed by atoms with Gasteiger partial charge in [0.2, 0.25) is 5.91 Å². The maximum absolute atomic E-state index is 11.6. The molecule has 0 bridgehead atoms. The maximum Gasteiger partial charge on any atom is 0.331 e. The highest BCUT2D eigenvalue weighted by molar-refractivity contribution is 5.86. The summed E-state index contributed by atoms with van der Waals surface area (Å²) in [4.78, 5) is 24.1. The Bertz CT molecular complexity index is 297. The zero-order valence-electron chi connectivity index (χ0n) is 11.5. The SMILES string of the molecule is CC/C(=C/CNCCC(=O)N(CC)CC)C(=O)O. The second kappa shape index (κ2) is 9.65. The molecule has 0 aromatic carbocycles. The standard InChI is InChI=1S/C13H24N2O3/c1-4-11(13(17)18)7-9-14-10-8-12(16)15(5-2)6-3/h7,14H,4-6,8-10H2,1-3H3,(H,17,18)/b11-7-.